The summed E-state index contributed by atoms with van der Waals surface area (Å²) in [7, 11) is 0. The SMILES string of the molecule is NC1(C(=O)N[C@H](Cc2ccccc2)C(=O)NCCC(=O)N2CCN(c3ccccn3)CC2)CCCC1. The van der Waals surface area contributed by atoms with E-state index in [1.54, 1.807) is 6.20 Å². The van der Waals surface area contributed by atoms with E-state index in [2.05, 4.69) is 20.5 Å². The van der Waals surface area contributed by atoms with Crippen LogP contribution in [-0.2, 0) is 20.8 Å². The number of anilines is 1. The second-order valence-electron chi connectivity index (χ2n) is 9.68. The second-order valence-corrected chi connectivity index (χ2v) is 9.68. The van der Waals surface area contributed by atoms with Crippen molar-refractivity contribution in [3.8, 4) is 0 Å². The van der Waals surface area contributed by atoms with Crippen molar-refractivity contribution in [2.24, 2.45) is 5.73 Å². The highest BCUT2D eigenvalue weighted by molar-refractivity contribution is 5.92. The molecule has 1 aliphatic heterocycles. The predicted molar refractivity (Wildman–Crippen MR) is 138 cm³/mol. The smallest absolute Gasteiger partial charge is 0.242 e. The van der Waals surface area contributed by atoms with Crippen LogP contribution in [0.2, 0.25) is 0 Å². The molecule has 2 heterocycles. The van der Waals surface area contributed by atoms with Gasteiger partial charge < -0.3 is 26.2 Å². The van der Waals surface area contributed by atoms with Crippen molar-refractivity contribution in [3.63, 3.8) is 0 Å². The van der Waals surface area contributed by atoms with Crippen molar-refractivity contribution in [2.75, 3.05) is 37.6 Å². The second kappa shape index (κ2) is 12.0. The number of carbonyl (C=O) groups excluding carboxylic acids is 3. The number of nitrogens with one attached hydrogen (secondary N) is 2. The van der Waals surface area contributed by atoms with Crippen LogP contribution in [0.15, 0.2) is 54.7 Å². The first-order valence-corrected chi connectivity index (χ1v) is 12.8. The van der Waals surface area contributed by atoms with Gasteiger partial charge in [0.2, 0.25) is 17.7 Å². The van der Waals surface area contributed by atoms with Gasteiger partial charge >= 0.3 is 0 Å². The lowest BCUT2D eigenvalue weighted by Crippen LogP contribution is -2.58. The van der Waals surface area contributed by atoms with Crippen LogP contribution >= 0.6 is 0 Å². The molecule has 1 aliphatic carbocycles. The minimum Gasteiger partial charge on any atom is -0.354 e. The Morgan fingerprint density at radius 1 is 0.972 bits per heavy atom. The number of rotatable bonds is 9. The van der Waals surface area contributed by atoms with Crippen LogP contribution in [0.1, 0.15) is 37.7 Å². The Morgan fingerprint density at radius 2 is 1.67 bits per heavy atom. The molecule has 192 valence electrons. The maximum absolute atomic E-state index is 13.1. The molecule has 2 aromatic rings. The van der Waals surface area contributed by atoms with Gasteiger partial charge in [-0.25, -0.2) is 4.98 Å². The van der Waals surface area contributed by atoms with Gasteiger partial charge in [-0.1, -0.05) is 49.2 Å². The highest BCUT2D eigenvalue weighted by Gasteiger charge is 2.38. The number of carbonyl (C=O) groups is 3. The number of amides is 3. The fourth-order valence-corrected chi connectivity index (χ4v) is 4.89. The molecule has 36 heavy (non-hydrogen) atoms. The number of hydrogen-bond acceptors (Lipinski definition) is 6. The van der Waals surface area contributed by atoms with Crippen molar-refractivity contribution < 1.29 is 14.4 Å². The molecule has 1 aromatic carbocycles. The summed E-state index contributed by atoms with van der Waals surface area (Å²) >= 11 is 0. The molecule has 2 fully saturated rings. The molecule has 9 nitrogen and oxygen atoms in total. The molecule has 0 bridgehead atoms. The number of benzene rings is 1. The van der Waals surface area contributed by atoms with Gasteiger partial charge in [-0.05, 0) is 30.5 Å². The maximum Gasteiger partial charge on any atom is 0.242 e. The fourth-order valence-electron chi connectivity index (χ4n) is 4.89. The summed E-state index contributed by atoms with van der Waals surface area (Å²) in [6.07, 6.45) is 5.42. The summed E-state index contributed by atoms with van der Waals surface area (Å²) in [5, 5.41) is 5.74. The topological polar surface area (TPSA) is 121 Å². The number of pyridine rings is 1. The lowest BCUT2D eigenvalue weighted by Gasteiger charge is -2.35. The lowest BCUT2D eigenvalue weighted by molar-refractivity contribution is -0.133. The molecule has 3 amide bonds. The number of hydrogen-bond donors (Lipinski definition) is 3. The number of piperazine rings is 1. The largest absolute Gasteiger partial charge is 0.354 e. The van der Waals surface area contributed by atoms with Gasteiger partial charge in [-0.15, -0.1) is 0 Å². The van der Waals surface area contributed by atoms with E-state index in [9.17, 15) is 14.4 Å². The Labute approximate surface area is 212 Å². The first kappa shape index (κ1) is 25.6. The molecule has 4 N–H and O–H groups in total. The first-order chi connectivity index (χ1) is 17.4. The Hall–Kier alpha value is -3.46. The minimum absolute atomic E-state index is 0.00600. The van der Waals surface area contributed by atoms with Crippen LogP contribution in [0.4, 0.5) is 5.82 Å². The predicted octanol–water partition coefficient (Wildman–Crippen LogP) is 1.24. The van der Waals surface area contributed by atoms with Gasteiger partial charge in [0.05, 0.1) is 5.54 Å². The van der Waals surface area contributed by atoms with E-state index < -0.39 is 11.6 Å². The van der Waals surface area contributed by atoms with E-state index in [0.29, 0.717) is 32.4 Å². The zero-order chi connectivity index (χ0) is 25.4. The minimum atomic E-state index is -0.914. The Bertz CT molecular complexity index is 1020. The van der Waals surface area contributed by atoms with E-state index in [4.69, 9.17) is 5.73 Å². The van der Waals surface area contributed by atoms with Crippen LogP contribution < -0.4 is 21.3 Å². The standard InChI is InChI=1S/C27H36N6O3/c28-27(12-5-6-13-27)26(36)31-22(20-21-8-2-1-3-9-21)25(35)30-15-11-24(34)33-18-16-32(17-19-33)23-10-4-7-14-29-23/h1-4,7-10,14,22H,5-6,11-13,15-20,28H2,(H,30,35)(H,31,36)/t22-/m1/s1. The van der Waals surface area contributed by atoms with Crippen molar-refractivity contribution >= 4 is 23.5 Å². The average Bonchev–Trinajstić information content (AvgIpc) is 3.37. The Kier molecular flexibility index (Phi) is 8.53. The third-order valence-electron chi connectivity index (χ3n) is 7.10. The summed E-state index contributed by atoms with van der Waals surface area (Å²) in [6, 6.07) is 14.6. The van der Waals surface area contributed by atoms with Crippen LogP contribution in [0.5, 0.6) is 0 Å². The van der Waals surface area contributed by atoms with E-state index in [-0.39, 0.29) is 30.7 Å². The Morgan fingerprint density at radius 3 is 2.33 bits per heavy atom. The quantitative estimate of drug-likeness (QED) is 0.484. The summed E-state index contributed by atoms with van der Waals surface area (Å²) in [5.74, 6) is 0.339. The molecular weight excluding hydrogens is 456 g/mol. The number of aromatic nitrogens is 1. The molecule has 2 aliphatic rings. The molecular formula is C27H36N6O3. The highest BCUT2D eigenvalue weighted by atomic mass is 16.2. The molecule has 1 saturated carbocycles. The van der Waals surface area contributed by atoms with Crippen LogP contribution in [0.3, 0.4) is 0 Å². The van der Waals surface area contributed by atoms with Crippen molar-refractivity contribution in [1.82, 2.24) is 20.5 Å². The van der Waals surface area contributed by atoms with Gasteiger partial charge in [0.1, 0.15) is 11.9 Å². The maximum atomic E-state index is 13.1. The van der Waals surface area contributed by atoms with Gasteiger partial charge in [0, 0.05) is 51.8 Å². The number of nitrogens with two attached hydrogens (primary N) is 1. The van der Waals surface area contributed by atoms with Crippen LogP contribution in [0.25, 0.3) is 0 Å². The summed E-state index contributed by atoms with van der Waals surface area (Å²) in [4.78, 5) is 47.1. The third-order valence-corrected chi connectivity index (χ3v) is 7.10. The van der Waals surface area contributed by atoms with E-state index in [1.807, 2.05) is 53.4 Å². The molecule has 1 saturated heterocycles. The van der Waals surface area contributed by atoms with Crippen LogP contribution in [0, 0.1) is 0 Å². The lowest BCUT2D eigenvalue weighted by atomic mass is 9.96. The molecule has 0 spiro atoms. The monoisotopic (exact) mass is 492 g/mol. The van der Waals surface area contributed by atoms with Gasteiger partial charge in [0.15, 0.2) is 0 Å². The summed E-state index contributed by atoms with van der Waals surface area (Å²) in [6.45, 7) is 2.90. The first-order valence-electron chi connectivity index (χ1n) is 12.8. The third kappa shape index (κ3) is 6.60. The molecule has 0 radical (unpaired) electrons. The van der Waals surface area contributed by atoms with Gasteiger partial charge in [-0.3, -0.25) is 14.4 Å². The zero-order valence-corrected chi connectivity index (χ0v) is 20.7. The number of nitrogens with zero attached hydrogens (tertiary/aromatic N) is 3. The van der Waals surface area contributed by atoms with E-state index in [0.717, 1.165) is 37.3 Å². The van der Waals surface area contributed by atoms with E-state index >= 15 is 0 Å². The van der Waals surface area contributed by atoms with Crippen LogP contribution in [-0.4, -0.2) is 71.9 Å². The normalized spacial score (nSPS) is 17.9. The summed E-state index contributed by atoms with van der Waals surface area (Å²) in [5.41, 5.74) is 6.34. The molecule has 9 heteroatoms. The van der Waals surface area contributed by atoms with Crippen molar-refractivity contribution in [2.45, 2.75) is 50.1 Å². The summed E-state index contributed by atoms with van der Waals surface area (Å²) < 4.78 is 0. The average molecular weight is 493 g/mol. The molecule has 0 unspecified atom stereocenters. The van der Waals surface area contributed by atoms with Crippen molar-refractivity contribution in [1.29, 1.82) is 0 Å². The zero-order valence-electron chi connectivity index (χ0n) is 20.7. The van der Waals surface area contributed by atoms with E-state index in [1.165, 1.54) is 0 Å². The fraction of sp³-hybridized carbons (Fsp3) is 0.481. The van der Waals surface area contributed by atoms with Gasteiger partial charge in [-0.2, -0.15) is 0 Å². The molecule has 4 rings (SSSR count). The highest BCUT2D eigenvalue weighted by Crippen LogP contribution is 2.27. The molecule has 1 aromatic heterocycles. The Balaban J connectivity index is 1.27. The molecule has 1 atom stereocenters. The van der Waals surface area contributed by atoms with Gasteiger partial charge in [0.25, 0.3) is 0 Å². The van der Waals surface area contributed by atoms with Crippen molar-refractivity contribution in [3.05, 3.63) is 60.3 Å².